The number of carbonyl (C=O) groups is 1. The Labute approximate surface area is 129 Å². The number of nitrogens with one attached hydrogen (secondary N) is 1. The highest BCUT2D eigenvalue weighted by Crippen LogP contribution is 2.36. The zero-order chi connectivity index (χ0) is 14.1. The number of hydrogen-bond donors (Lipinski definition) is 1. The van der Waals surface area contributed by atoms with Gasteiger partial charge in [-0.05, 0) is 61.3 Å². The van der Waals surface area contributed by atoms with Crippen LogP contribution in [-0.2, 0) is 4.79 Å². The van der Waals surface area contributed by atoms with Crippen LogP contribution < -0.4 is 5.32 Å². The van der Waals surface area contributed by atoms with Gasteiger partial charge in [0.05, 0.1) is 6.04 Å². The lowest BCUT2D eigenvalue weighted by Gasteiger charge is -2.37. The fourth-order valence-corrected chi connectivity index (χ4v) is 4.80. The molecule has 0 radical (unpaired) electrons. The van der Waals surface area contributed by atoms with Crippen LogP contribution in [0.1, 0.15) is 44.3 Å². The third kappa shape index (κ3) is 2.63. The molecule has 2 fully saturated rings. The first-order valence-electron chi connectivity index (χ1n) is 7.34. The minimum absolute atomic E-state index is 0.0572. The molecular formula is C15H22N2OS2. The van der Waals surface area contributed by atoms with Gasteiger partial charge in [0.1, 0.15) is 6.17 Å². The van der Waals surface area contributed by atoms with E-state index in [0.717, 1.165) is 18.1 Å². The molecule has 1 aromatic heterocycles. The van der Waals surface area contributed by atoms with Crippen LogP contribution in [0.3, 0.4) is 0 Å². The third-order valence-corrected chi connectivity index (χ3v) is 6.38. The fourth-order valence-electron chi connectivity index (χ4n) is 3.38. The van der Waals surface area contributed by atoms with E-state index in [1.54, 1.807) is 11.3 Å². The van der Waals surface area contributed by atoms with Crippen LogP contribution in [0.2, 0.25) is 0 Å². The number of thiophene rings is 1. The first-order chi connectivity index (χ1) is 9.70. The molecule has 0 aromatic carbocycles. The summed E-state index contributed by atoms with van der Waals surface area (Å²) in [5.41, 5.74) is 1.24. The molecule has 2 atom stereocenters. The van der Waals surface area contributed by atoms with Crippen LogP contribution in [-0.4, -0.2) is 34.4 Å². The highest BCUT2D eigenvalue weighted by molar-refractivity contribution is 7.99. The second kappa shape index (κ2) is 6.08. The Balaban J connectivity index is 1.77. The summed E-state index contributed by atoms with van der Waals surface area (Å²) in [7, 11) is 0. The standard InChI is InChI=1S/C15H22N2OS2/c1-10-15(18)17(12-3-5-13(19-2)6-4-12)14(16-10)11-7-8-20-9-11/h7-10,12-14,16H,3-6H2,1-2H3. The summed E-state index contributed by atoms with van der Waals surface area (Å²) < 4.78 is 0. The molecule has 2 unspecified atom stereocenters. The molecule has 3 nitrogen and oxygen atoms in total. The van der Waals surface area contributed by atoms with Crippen LogP contribution in [0, 0.1) is 0 Å². The molecule has 110 valence electrons. The molecule has 3 rings (SSSR count). The van der Waals surface area contributed by atoms with Crippen molar-refractivity contribution in [3.63, 3.8) is 0 Å². The average molecular weight is 310 g/mol. The molecule has 1 saturated carbocycles. The van der Waals surface area contributed by atoms with E-state index < -0.39 is 0 Å². The molecule has 5 heteroatoms. The van der Waals surface area contributed by atoms with Gasteiger partial charge in [0, 0.05) is 11.3 Å². The van der Waals surface area contributed by atoms with E-state index in [2.05, 4.69) is 33.3 Å². The zero-order valence-corrected chi connectivity index (χ0v) is 13.7. The van der Waals surface area contributed by atoms with Crippen LogP contribution in [0.5, 0.6) is 0 Å². The van der Waals surface area contributed by atoms with Crippen molar-refractivity contribution >= 4 is 29.0 Å². The Kier molecular flexibility index (Phi) is 4.38. The van der Waals surface area contributed by atoms with Gasteiger partial charge in [-0.1, -0.05) is 0 Å². The van der Waals surface area contributed by atoms with E-state index in [9.17, 15) is 4.79 Å². The van der Waals surface area contributed by atoms with Gasteiger partial charge in [0.25, 0.3) is 0 Å². The van der Waals surface area contributed by atoms with Gasteiger partial charge in [-0.2, -0.15) is 23.1 Å². The Morgan fingerprint density at radius 3 is 2.70 bits per heavy atom. The lowest BCUT2D eigenvalue weighted by atomic mass is 9.93. The van der Waals surface area contributed by atoms with E-state index in [0.29, 0.717) is 6.04 Å². The summed E-state index contributed by atoms with van der Waals surface area (Å²) in [5, 5.41) is 8.49. The molecule has 20 heavy (non-hydrogen) atoms. The van der Waals surface area contributed by atoms with Crippen LogP contribution in [0.4, 0.5) is 0 Å². The van der Waals surface area contributed by atoms with Gasteiger partial charge in [0.2, 0.25) is 5.91 Å². The Bertz CT molecular complexity index is 454. The second-order valence-corrected chi connectivity index (χ2v) is 7.68. The van der Waals surface area contributed by atoms with Crippen molar-refractivity contribution in [2.45, 2.75) is 56.1 Å². The zero-order valence-electron chi connectivity index (χ0n) is 12.0. The normalized spacial score (nSPS) is 34.7. The number of hydrogen-bond acceptors (Lipinski definition) is 4. The molecule has 0 spiro atoms. The molecule has 2 aliphatic rings. The predicted octanol–water partition coefficient (Wildman–Crippen LogP) is 3.24. The van der Waals surface area contributed by atoms with Crippen molar-refractivity contribution in [1.29, 1.82) is 0 Å². The first kappa shape index (κ1) is 14.4. The van der Waals surface area contributed by atoms with Crippen molar-refractivity contribution in [3.8, 4) is 0 Å². The largest absolute Gasteiger partial charge is 0.319 e. The highest BCUT2D eigenvalue weighted by atomic mass is 32.2. The van der Waals surface area contributed by atoms with Gasteiger partial charge < -0.3 is 4.90 Å². The topological polar surface area (TPSA) is 32.3 Å². The van der Waals surface area contributed by atoms with Gasteiger partial charge in [-0.25, -0.2) is 0 Å². The summed E-state index contributed by atoms with van der Waals surface area (Å²) in [5.74, 6) is 0.272. The summed E-state index contributed by atoms with van der Waals surface area (Å²) in [4.78, 5) is 14.7. The monoisotopic (exact) mass is 310 g/mol. The minimum atomic E-state index is -0.0572. The number of carbonyl (C=O) groups excluding carboxylic acids is 1. The smallest absolute Gasteiger partial charge is 0.241 e. The predicted molar refractivity (Wildman–Crippen MR) is 86.1 cm³/mol. The van der Waals surface area contributed by atoms with Crippen LogP contribution >= 0.6 is 23.1 Å². The third-order valence-electron chi connectivity index (χ3n) is 4.54. The second-order valence-electron chi connectivity index (χ2n) is 5.76. The van der Waals surface area contributed by atoms with Crippen molar-refractivity contribution in [1.82, 2.24) is 10.2 Å². The number of rotatable bonds is 3. The van der Waals surface area contributed by atoms with E-state index in [1.165, 1.54) is 18.4 Å². The van der Waals surface area contributed by atoms with E-state index in [1.807, 2.05) is 18.7 Å². The van der Waals surface area contributed by atoms with Crippen LogP contribution in [0.15, 0.2) is 16.8 Å². The first-order valence-corrected chi connectivity index (χ1v) is 9.57. The van der Waals surface area contributed by atoms with Crippen molar-refractivity contribution in [3.05, 3.63) is 22.4 Å². The highest BCUT2D eigenvalue weighted by Gasteiger charge is 2.42. The van der Waals surface area contributed by atoms with Crippen molar-refractivity contribution < 1.29 is 4.79 Å². The lowest BCUT2D eigenvalue weighted by molar-refractivity contribution is -0.132. The molecule has 0 bridgehead atoms. The van der Waals surface area contributed by atoms with E-state index in [-0.39, 0.29) is 18.1 Å². The summed E-state index contributed by atoms with van der Waals surface area (Å²) >= 11 is 3.67. The van der Waals surface area contributed by atoms with Gasteiger partial charge in [0.15, 0.2) is 0 Å². The van der Waals surface area contributed by atoms with E-state index >= 15 is 0 Å². The van der Waals surface area contributed by atoms with Gasteiger partial charge >= 0.3 is 0 Å². The van der Waals surface area contributed by atoms with Gasteiger partial charge in [-0.15, -0.1) is 0 Å². The summed E-state index contributed by atoms with van der Waals surface area (Å²) in [6.07, 6.45) is 7.04. The van der Waals surface area contributed by atoms with Crippen molar-refractivity contribution in [2.24, 2.45) is 0 Å². The molecule has 1 saturated heterocycles. The molecule has 1 N–H and O–H groups in total. The van der Waals surface area contributed by atoms with Gasteiger partial charge in [-0.3, -0.25) is 10.1 Å². The number of nitrogens with zero attached hydrogens (tertiary/aromatic N) is 1. The fraction of sp³-hybridized carbons (Fsp3) is 0.667. The van der Waals surface area contributed by atoms with Crippen molar-refractivity contribution in [2.75, 3.05) is 6.26 Å². The molecule has 2 heterocycles. The summed E-state index contributed by atoms with van der Waals surface area (Å²) in [6, 6.07) is 2.49. The maximum atomic E-state index is 12.5. The Morgan fingerprint density at radius 1 is 1.35 bits per heavy atom. The van der Waals surface area contributed by atoms with E-state index in [4.69, 9.17) is 0 Å². The molecule has 1 amide bonds. The quantitative estimate of drug-likeness (QED) is 0.930. The molecule has 1 aliphatic carbocycles. The molecule has 1 aliphatic heterocycles. The lowest BCUT2D eigenvalue weighted by Crippen LogP contribution is -2.42. The maximum absolute atomic E-state index is 12.5. The van der Waals surface area contributed by atoms with Crippen LogP contribution in [0.25, 0.3) is 0 Å². The Hall–Kier alpha value is -0.520. The maximum Gasteiger partial charge on any atom is 0.241 e. The number of thioether (sulfide) groups is 1. The number of amides is 1. The summed E-state index contributed by atoms with van der Waals surface area (Å²) in [6.45, 7) is 1.98. The Morgan fingerprint density at radius 2 is 2.10 bits per heavy atom. The molecular weight excluding hydrogens is 288 g/mol. The average Bonchev–Trinajstić information content (AvgIpc) is 3.09. The molecule has 1 aromatic rings. The minimum Gasteiger partial charge on any atom is -0.319 e. The SMILES string of the molecule is CSC1CCC(N2C(=O)C(C)NC2c2ccsc2)CC1.